The van der Waals surface area contributed by atoms with E-state index in [9.17, 15) is 4.79 Å². The first kappa shape index (κ1) is 13.8. The third-order valence-electron chi connectivity index (χ3n) is 4.43. The van der Waals surface area contributed by atoms with Gasteiger partial charge in [-0.05, 0) is 58.2 Å². The molecule has 104 valence electrons. The molecule has 1 aliphatic carbocycles. The lowest BCUT2D eigenvalue weighted by Crippen LogP contribution is -2.52. The molecule has 0 radical (unpaired) electrons. The number of ether oxygens (including phenoxy) is 1. The van der Waals surface area contributed by atoms with Crippen molar-refractivity contribution in [2.45, 2.75) is 57.0 Å². The van der Waals surface area contributed by atoms with E-state index >= 15 is 0 Å². The van der Waals surface area contributed by atoms with Gasteiger partial charge >= 0.3 is 5.97 Å². The lowest BCUT2D eigenvalue weighted by molar-refractivity contribution is -0.148. The van der Waals surface area contributed by atoms with E-state index in [1.807, 2.05) is 0 Å². The molecule has 0 aromatic rings. The predicted molar refractivity (Wildman–Crippen MR) is 71.5 cm³/mol. The minimum atomic E-state index is -0.419. The second-order valence-corrected chi connectivity index (χ2v) is 5.64. The molecule has 2 atom stereocenters. The maximum Gasteiger partial charge on any atom is 0.326 e. The molecule has 18 heavy (non-hydrogen) atoms. The van der Waals surface area contributed by atoms with Crippen LogP contribution in [-0.4, -0.2) is 49.2 Å². The van der Waals surface area contributed by atoms with E-state index in [0.717, 1.165) is 32.2 Å². The highest BCUT2D eigenvalue weighted by molar-refractivity contribution is 5.81. The highest BCUT2D eigenvalue weighted by atomic mass is 16.5. The summed E-state index contributed by atoms with van der Waals surface area (Å²) in [6, 6.07) is 0.566. The molecule has 1 aliphatic heterocycles. The molecule has 4 nitrogen and oxygen atoms in total. The monoisotopic (exact) mass is 254 g/mol. The van der Waals surface area contributed by atoms with Gasteiger partial charge in [0.15, 0.2) is 0 Å². The third kappa shape index (κ3) is 2.69. The highest BCUT2D eigenvalue weighted by Gasteiger charge is 2.47. The Morgan fingerprint density at radius 2 is 2.17 bits per heavy atom. The summed E-state index contributed by atoms with van der Waals surface area (Å²) >= 11 is 0. The minimum Gasteiger partial charge on any atom is -0.468 e. The number of nitrogens with zero attached hydrogens (tertiary/aromatic N) is 1. The van der Waals surface area contributed by atoms with Crippen LogP contribution >= 0.6 is 0 Å². The topological polar surface area (TPSA) is 41.6 Å². The van der Waals surface area contributed by atoms with Crippen molar-refractivity contribution in [3.63, 3.8) is 0 Å². The molecule has 1 saturated heterocycles. The van der Waals surface area contributed by atoms with Crippen molar-refractivity contribution in [2.75, 3.05) is 26.7 Å². The van der Waals surface area contributed by atoms with Gasteiger partial charge in [-0.25, -0.2) is 0 Å². The van der Waals surface area contributed by atoms with Gasteiger partial charge in [-0.1, -0.05) is 6.92 Å². The molecule has 0 aromatic heterocycles. The molecular weight excluding hydrogens is 228 g/mol. The Balaban J connectivity index is 2.00. The van der Waals surface area contributed by atoms with Crippen molar-refractivity contribution in [1.29, 1.82) is 0 Å². The summed E-state index contributed by atoms with van der Waals surface area (Å²) in [6.07, 6.45) is 6.62. The van der Waals surface area contributed by atoms with E-state index in [1.54, 1.807) is 0 Å². The summed E-state index contributed by atoms with van der Waals surface area (Å²) in [5.41, 5.74) is -0.419. The van der Waals surface area contributed by atoms with Crippen LogP contribution in [0.2, 0.25) is 0 Å². The van der Waals surface area contributed by atoms with Gasteiger partial charge < -0.3 is 15.0 Å². The van der Waals surface area contributed by atoms with Crippen LogP contribution in [0.3, 0.4) is 0 Å². The maximum atomic E-state index is 12.1. The molecule has 0 bridgehead atoms. The summed E-state index contributed by atoms with van der Waals surface area (Å²) in [7, 11) is 1.50. The van der Waals surface area contributed by atoms with Crippen molar-refractivity contribution in [1.82, 2.24) is 10.2 Å². The molecule has 2 unspecified atom stereocenters. The van der Waals surface area contributed by atoms with Crippen molar-refractivity contribution in [3.05, 3.63) is 0 Å². The number of nitrogens with one attached hydrogen (secondary N) is 1. The number of likely N-dealkylation sites (tertiary alicyclic amines) is 1. The molecule has 0 amide bonds. The summed E-state index contributed by atoms with van der Waals surface area (Å²) in [6.45, 7) is 5.43. The normalized spacial score (nSPS) is 32.9. The Kier molecular flexibility index (Phi) is 4.62. The van der Waals surface area contributed by atoms with Gasteiger partial charge in [0.2, 0.25) is 0 Å². The standard InChI is InChI=1S/C14H26N2O2/c1-3-8-15-14(13(17)18-2)7-6-12(11-14)16-9-4-5-10-16/h12,15H,3-11H2,1-2H3. The van der Waals surface area contributed by atoms with E-state index in [4.69, 9.17) is 4.74 Å². The number of hydrogen-bond acceptors (Lipinski definition) is 4. The van der Waals surface area contributed by atoms with Crippen LogP contribution in [-0.2, 0) is 9.53 Å². The zero-order chi connectivity index (χ0) is 13.0. The van der Waals surface area contributed by atoms with Crippen LogP contribution in [0, 0.1) is 0 Å². The van der Waals surface area contributed by atoms with Crippen LogP contribution in [0.1, 0.15) is 45.4 Å². The largest absolute Gasteiger partial charge is 0.468 e. The van der Waals surface area contributed by atoms with Gasteiger partial charge in [-0.3, -0.25) is 4.79 Å². The Labute approximate surface area is 110 Å². The van der Waals surface area contributed by atoms with E-state index in [-0.39, 0.29) is 5.97 Å². The summed E-state index contributed by atoms with van der Waals surface area (Å²) in [4.78, 5) is 14.7. The van der Waals surface area contributed by atoms with Gasteiger partial charge in [-0.2, -0.15) is 0 Å². The highest BCUT2D eigenvalue weighted by Crippen LogP contribution is 2.35. The van der Waals surface area contributed by atoms with Crippen molar-refractivity contribution in [3.8, 4) is 0 Å². The summed E-state index contributed by atoms with van der Waals surface area (Å²) in [5, 5.41) is 3.45. The summed E-state index contributed by atoms with van der Waals surface area (Å²) in [5.74, 6) is -0.0716. The lowest BCUT2D eigenvalue weighted by atomic mass is 9.97. The average Bonchev–Trinajstić information content (AvgIpc) is 3.04. The average molecular weight is 254 g/mol. The van der Waals surface area contributed by atoms with Gasteiger partial charge in [-0.15, -0.1) is 0 Å². The molecule has 1 heterocycles. The number of hydrogen-bond donors (Lipinski definition) is 1. The second-order valence-electron chi connectivity index (χ2n) is 5.64. The SMILES string of the molecule is CCCNC1(C(=O)OC)CCC(N2CCCC2)C1. The van der Waals surface area contributed by atoms with Gasteiger partial charge in [0.05, 0.1) is 7.11 Å². The van der Waals surface area contributed by atoms with Crippen LogP contribution < -0.4 is 5.32 Å². The smallest absolute Gasteiger partial charge is 0.326 e. The van der Waals surface area contributed by atoms with Crippen LogP contribution in [0.4, 0.5) is 0 Å². The van der Waals surface area contributed by atoms with E-state index in [2.05, 4.69) is 17.1 Å². The molecule has 4 heteroatoms. The first-order valence-electron chi connectivity index (χ1n) is 7.29. The fourth-order valence-electron chi connectivity index (χ4n) is 3.42. The van der Waals surface area contributed by atoms with E-state index < -0.39 is 5.54 Å². The molecule has 0 spiro atoms. The van der Waals surface area contributed by atoms with Crippen LogP contribution in [0.25, 0.3) is 0 Å². The molecule has 2 rings (SSSR count). The fourth-order valence-corrected chi connectivity index (χ4v) is 3.42. The van der Waals surface area contributed by atoms with Crippen LogP contribution in [0.15, 0.2) is 0 Å². The van der Waals surface area contributed by atoms with E-state index in [1.165, 1.54) is 33.0 Å². The molecule has 1 saturated carbocycles. The van der Waals surface area contributed by atoms with Gasteiger partial charge in [0.25, 0.3) is 0 Å². The fraction of sp³-hybridized carbons (Fsp3) is 0.929. The van der Waals surface area contributed by atoms with Gasteiger partial charge in [0.1, 0.15) is 5.54 Å². The number of esters is 1. The van der Waals surface area contributed by atoms with Crippen molar-refractivity contribution < 1.29 is 9.53 Å². The minimum absolute atomic E-state index is 0.0716. The Hall–Kier alpha value is -0.610. The second kappa shape index (κ2) is 6.02. The predicted octanol–water partition coefficient (Wildman–Crippen LogP) is 1.55. The zero-order valence-corrected chi connectivity index (χ0v) is 11.7. The third-order valence-corrected chi connectivity index (χ3v) is 4.43. The Morgan fingerprint density at radius 3 is 2.78 bits per heavy atom. The molecular formula is C14H26N2O2. The Bertz CT molecular complexity index is 290. The number of carbonyl (C=O) groups excluding carboxylic acids is 1. The zero-order valence-electron chi connectivity index (χ0n) is 11.7. The van der Waals surface area contributed by atoms with E-state index in [0.29, 0.717) is 6.04 Å². The van der Waals surface area contributed by atoms with Crippen LogP contribution in [0.5, 0.6) is 0 Å². The molecule has 2 aliphatic rings. The van der Waals surface area contributed by atoms with Gasteiger partial charge in [0, 0.05) is 6.04 Å². The van der Waals surface area contributed by atoms with Crippen molar-refractivity contribution in [2.24, 2.45) is 0 Å². The lowest BCUT2D eigenvalue weighted by Gasteiger charge is -2.29. The first-order chi connectivity index (χ1) is 8.72. The molecule has 2 fully saturated rings. The summed E-state index contributed by atoms with van der Waals surface area (Å²) < 4.78 is 5.03. The Morgan fingerprint density at radius 1 is 1.44 bits per heavy atom. The molecule has 0 aromatic carbocycles. The number of carbonyl (C=O) groups is 1. The quantitative estimate of drug-likeness (QED) is 0.756. The van der Waals surface area contributed by atoms with Crippen molar-refractivity contribution >= 4 is 5.97 Å². The number of methoxy groups -OCH3 is 1. The number of rotatable bonds is 5. The maximum absolute atomic E-state index is 12.1. The molecule has 1 N–H and O–H groups in total. The first-order valence-corrected chi connectivity index (χ1v) is 7.29.